The van der Waals surface area contributed by atoms with Crippen LogP contribution in [0.2, 0.25) is 5.02 Å². The molecule has 142 valence electrons. The van der Waals surface area contributed by atoms with Gasteiger partial charge in [0.2, 0.25) is 0 Å². The molecule has 0 bridgehead atoms. The first-order valence-corrected chi connectivity index (χ1v) is 8.77. The monoisotopic (exact) mass is 396 g/mol. The molecule has 1 amide bonds. The van der Waals surface area contributed by atoms with Crippen molar-refractivity contribution in [1.29, 1.82) is 0 Å². The molecule has 0 aliphatic rings. The van der Waals surface area contributed by atoms with Crippen LogP contribution in [0.5, 0.6) is 0 Å². The molecule has 28 heavy (non-hydrogen) atoms. The molecule has 3 aromatic rings. The average molecular weight is 397 g/mol. The minimum Gasteiger partial charge on any atom is -0.318 e. The topological polar surface area (TPSA) is 89.5 Å². The molecule has 0 radical (unpaired) electrons. The number of hydrogen-bond acceptors (Lipinski definition) is 4. The van der Waals surface area contributed by atoms with Gasteiger partial charge < -0.3 is 4.57 Å². The Balaban J connectivity index is 1.78. The minimum absolute atomic E-state index is 0.109. The van der Waals surface area contributed by atoms with Gasteiger partial charge in [-0.2, -0.15) is 5.10 Å². The van der Waals surface area contributed by atoms with Crippen molar-refractivity contribution in [3.8, 4) is 5.69 Å². The van der Waals surface area contributed by atoms with Crippen molar-refractivity contribution in [3.63, 3.8) is 0 Å². The summed E-state index contributed by atoms with van der Waals surface area (Å²) in [4.78, 5) is 22.7. The summed E-state index contributed by atoms with van der Waals surface area (Å²) in [5, 5.41) is 15.0. The summed E-state index contributed by atoms with van der Waals surface area (Å²) in [5.41, 5.74) is 6.08. The number of nitrogens with zero attached hydrogens (tertiary/aromatic N) is 3. The lowest BCUT2D eigenvalue weighted by molar-refractivity contribution is -0.384. The number of carbonyl (C=O) groups is 1. The SMILES string of the molecule is Cc1ccc(C)n1-c1cccc(C(=O)N/N=C\c2cc([N+](=O)[O-])ccc2Cl)c1. The highest BCUT2D eigenvalue weighted by molar-refractivity contribution is 6.33. The zero-order valence-corrected chi connectivity index (χ0v) is 16.0. The van der Waals surface area contributed by atoms with Crippen LogP contribution in [0.3, 0.4) is 0 Å². The summed E-state index contributed by atoms with van der Waals surface area (Å²) >= 11 is 6.01. The molecule has 1 heterocycles. The predicted octanol–water partition coefficient (Wildman–Crippen LogP) is 4.42. The van der Waals surface area contributed by atoms with Crippen molar-refractivity contribution >= 4 is 29.4 Å². The van der Waals surface area contributed by atoms with Gasteiger partial charge in [-0.05, 0) is 50.2 Å². The van der Waals surface area contributed by atoms with E-state index in [9.17, 15) is 14.9 Å². The zero-order chi connectivity index (χ0) is 20.3. The molecule has 1 N–H and O–H groups in total. The second-order valence-electron chi connectivity index (χ2n) is 6.16. The normalized spacial score (nSPS) is 11.0. The molecule has 0 fully saturated rings. The van der Waals surface area contributed by atoms with Gasteiger partial charge in [0.25, 0.3) is 11.6 Å². The molecule has 2 aromatic carbocycles. The number of nitro benzene ring substituents is 1. The molecule has 3 rings (SSSR count). The van der Waals surface area contributed by atoms with Crippen LogP contribution in [0.1, 0.15) is 27.3 Å². The number of aryl methyl sites for hydroxylation is 2. The number of benzene rings is 2. The Morgan fingerprint density at radius 2 is 1.86 bits per heavy atom. The number of hydrogen-bond donors (Lipinski definition) is 1. The third-order valence-corrected chi connectivity index (χ3v) is 4.54. The van der Waals surface area contributed by atoms with Crippen molar-refractivity contribution in [2.24, 2.45) is 5.10 Å². The third-order valence-electron chi connectivity index (χ3n) is 4.20. The lowest BCUT2D eigenvalue weighted by atomic mass is 10.2. The van der Waals surface area contributed by atoms with E-state index in [0.717, 1.165) is 17.1 Å². The maximum Gasteiger partial charge on any atom is 0.271 e. The summed E-state index contributed by atoms with van der Waals surface area (Å²) in [5.74, 6) is -0.401. The number of rotatable bonds is 5. The van der Waals surface area contributed by atoms with Gasteiger partial charge in [-0.15, -0.1) is 0 Å². The van der Waals surface area contributed by atoms with E-state index in [-0.39, 0.29) is 5.69 Å². The van der Waals surface area contributed by atoms with E-state index in [0.29, 0.717) is 16.1 Å². The number of halogens is 1. The first kappa shape index (κ1) is 19.3. The molecule has 0 spiro atoms. The fourth-order valence-corrected chi connectivity index (χ4v) is 3.00. The Labute approximate surface area is 166 Å². The summed E-state index contributed by atoms with van der Waals surface area (Å²) in [6, 6.07) is 15.2. The first-order chi connectivity index (χ1) is 13.4. The van der Waals surface area contributed by atoms with Crippen LogP contribution in [-0.4, -0.2) is 21.6 Å². The number of hydrazone groups is 1. The van der Waals surface area contributed by atoms with E-state index in [2.05, 4.69) is 10.5 Å². The quantitative estimate of drug-likeness (QED) is 0.393. The van der Waals surface area contributed by atoms with Crippen LogP contribution >= 0.6 is 11.6 Å². The number of carbonyl (C=O) groups excluding carboxylic acids is 1. The van der Waals surface area contributed by atoms with Gasteiger partial charge >= 0.3 is 0 Å². The van der Waals surface area contributed by atoms with Crippen LogP contribution < -0.4 is 5.43 Å². The molecular formula is C20H17ClN4O3. The predicted molar refractivity (Wildman–Crippen MR) is 108 cm³/mol. The Morgan fingerprint density at radius 1 is 1.14 bits per heavy atom. The van der Waals surface area contributed by atoms with Gasteiger partial charge in [-0.3, -0.25) is 14.9 Å². The van der Waals surface area contributed by atoms with Crippen LogP contribution in [0.15, 0.2) is 59.7 Å². The molecule has 0 unspecified atom stereocenters. The van der Waals surface area contributed by atoms with Crippen LogP contribution in [0.25, 0.3) is 5.69 Å². The van der Waals surface area contributed by atoms with E-state index in [1.807, 2.05) is 36.6 Å². The maximum atomic E-state index is 12.4. The highest BCUT2D eigenvalue weighted by atomic mass is 35.5. The van der Waals surface area contributed by atoms with E-state index >= 15 is 0 Å². The average Bonchev–Trinajstić information content (AvgIpc) is 3.01. The number of nitro groups is 1. The fraction of sp³-hybridized carbons (Fsp3) is 0.100. The molecule has 7 nitrogen and oxygen atoms in total. The van der Waals surface area contributed by atoms with Crippen LogP contribution in [-0.2, 0) is 0 Å². The number of amides is 1. The number of aromatic nitrogens is 1. The number of nitrogens with one attached hydrogen (secondary N) is 1. The Kier molecular flexibility index (Phi) is 5.56. The standard InChI is InChI=1S/C20H17ClN4O3/c1-13-6-7-14(2)24(13)17-5-3-4-15(10-17)20(26)23-22-12-16-11-18(25(27)28)8-9-19(16)21/h3-12H,1-2H3,(H,23,26)/b22-12-. The van der Waals surface area contributed by atoms with Gasteiger partial charge in [0, 0.05) is 45.4 Å². The maximum absolute atomic E-state index is 12.4. The van der Waals surface area contributed by atoms with Crippen molar-refractivity contribution in [2.45, 2.75) is 13.8 Å². The third kappa shape index (κ3) is 4.10. The molecule has 0 aliphatic carbocycles. The Bertz CT molecular complexity index is 1070. The van der Waals surface area contributed by atoms with Gasteiger partial charge in [-0.25, -0.2) is 5.43 Å². The van der Waals surface area contributed by atoms with E-state index < -0.39 is 10.8 Å². The van der Waals surface area contributed by atoms with Crippen molar-refractivity contribution in [2.75, 3.05) is 0 Å². The van der Waals surface area contributed by atoms with Crippen molar-refractivity contribution in [3.05, 3.63) is 92.2 Å². The summed E-state index contributed by atoms with van der Waals surface area (Å²) < 4.78 is 2.04. The van der Waals surface area contributed by atoms with E-state index in [1.165, 1.54) is 24.4 Å². The van der Waals surface area contributed by atoms with E-state index in [1.54, 1.807) is 18.2 Å². The second-order valence-corrected chi connectivity index (χ2v) is 6.57. The highest BCUT2D eigenvalue weighted by Gasteiger charge is 2.10. The molecular weight excluding hydrogens is 380 g/mol. The largest absolute Gasteiger partial charge is 0.318 e. The fourth-order valence-electron chi connectivity index (χ4n) is 2.83. The smallest absolute Gasteiger partial charge is 0.271 e. The first-order valence-electron chi connectivity index (χ1n) is 8.39. The lowest BCUT2D eigenvalue weighted by Crippen LogP contribution is -2.18. The summed E-state index contributed by atoms with van der Waals surface area (Å²) in [6.07, 6.45) is 1.28. The van der Waals surface area contributed by atoms with Crippen molar-refractivity contribution in [1.82, 2.24) is 9.99 Å². The lowest BCUT2D eigenvalue weighted by Gasteiger charge is -2.10. The highest BCUT2D eigenvalue weighted by Crippen LogP contribution is 2.20. The van der Waals surface area contributed by atoms with Crippen LogP contribution in [0.4, 0.5) is 5.69 Å². The molecule has 0 atom stereocenters. The van der Waals surface area contributed by atoms with Crippen LogP contribution in [0, 0.1) is 24.0 Å². The summed E-state index contributed by atoms with van der Waals surface area (Å²) in [7, 11) is 0. The van der Waals surface area contributed by atoms with Gasteiger partial charge in [0.15, 0.2) is 0 Å². The molecule has 8 heteroatoms. The summed E-state index contributed by atoms with van der Waals surface area (Å²) in [6.45, 7) is 3.99. The van der Waals surface area contributed by atoms with Crippen molar-refractivity contribution < 1.29 is 9.72 Å². The molecule has 0 saturated heterocycles. The molecule has 1 aromatic heterocycles. The number of non-ortho nitro benzene ring substituents is 1. The van der Waals surface area contributed by atoms with Gasteiger partial charge in [0.05, 0.1) is 11.1 Å². The second kappa shape index (κ2) is 8.06. The molecule has 0 aliphatic heterocycles. The zero-order valence-electron chi connectivity index (χ0n) is 15.2. The minimum atomic E-state index is -0.525. The Morgan fingerprint density at radius 3 is 2.54 bits per heavy atom. The van der Waals surface area contributed by atoms with Gasteiger partial charge in [-0.1, -0.05) is 17.7 Å². The Hall–Kier alpha value is -3.45. The van der Waals surface area contributed by atoms with Gasteiger partial charge in [0.1, 0.15) is 0 Å². The van der Waals surface area contributed by atoms with E-state index in [4.69, 9.17) is 11.6 Å². The molecule has 0 saturated carbocycles.